The van der Waals surface area contributed by atoms with Crippen molar-refractivity contribution in [3.8, 4) is 0 Å². The fourth-order valence-electron chi connectivity index (χ4n) is 1.45. The molecule has 0 saturated carbocycles. The minimum absolute atomic E-state index is 0.0134. The summed E-state index contributed by atoms with van der Waals surface area (Å²) in [5, 5.41) is 9.72. The Hall–Kier alpha value is -0.210. The predicted molar refractivity (Wildman–Crippen MR) is 49.1 cm³/mol. The van der Waals surface area contributed by atoms with Crippen LogP contribution >= 0.6 is 11.6 Å². The molecule has 0 aliphatic carbocycles. The third-order valence-electron chi connectivity index (χ3n) is 2.60. The molecule has 1 aliphatic heterocycles. The van der Waals surface area contributed by atoms with Crippen LogP contribution in [0, 0.1) is 11.8 Å². The fourth-order valence-corrected chi connectivity index (χ4v) is 1.79. The minimum atomic E-state index is -0.380. The summed E-state index contributed by atoms with van der Waals surface area (Å²) in [6.07, 6.45) is -0.472. The van der Waals surface area contributed by atoms with Crippen molar-refractivity contribution < 1.29 is 9.84 Å². The van der Waals surface area contributed by atoms with Crippen LogP contribution in [0.25, 0.3) is 0 Å². The summed E-state index contributed by atoms with van der Waals surface area (Å²) in [6, 6.07) is 0. The van der Waals surface area contributed by atoms with Gasteiger partial charge in [-0.3, -0.25) is 0 Å². The lowest BCUT2D eigenvalue weighted by Gasteiger charge is -2.38. The van der Waals surface area contributed by atoms with Crippen molar-refractivity contribution in [1.29, 1.82) is 0 Å². The zero-order chi connectivity index (χ0) is 9.30. The van der Waals surface area contributed by atoms with Crippen LogP contribution in [-0.2, 0) is 4.74 Å². The van der Waals surface area contributed by atoms with E-state index < -0.39 is 0 Å². The monoisotopic (exact) mass is 190 g/mol. The first-order valence-corrected chi connectivity index (χ1v) is 4.70. The van der Waals surface area contributed by atoms with Gasteiger partial charge < -0.3 is 9.84 Å². The molecular formula is C9H15ClO2. The Kier molecular flexibility index (Phi) is 3.02. The zero-order valence-corrected chi connectivity index (χ0v) is 8.21. The number of halogens is 1. The first-order valence-electron chi connectivity index (χ1n) is 4.17. The van der Waals surface area contributed by atoms with E-state index in [1.165, 1.54) is 0 Å². The number of alkyl halides is 1. The van der Waals surface area contributed by atoms with Crippen molar-refractivity contribution in [2.45, 2.75) is 26.1 Å². The number of ether oxygens (including phenoxy) is 1. The van der Waals surface area contributed by atoms with Crippen LogP contribution in [-0.4, -0.2) is 23.2 Å². The van der Waals surface area contributed by atoms with Crippen molar-refractivity contribution in [3.63, 3.8) is 0 Å². The number of aliphatic hydroxyl groups is 1. The highest BCUT2D eigenvalue weighted by molar-refractivity contribution is 6.18. The molecule has 0 spiro atoms. The predicted octanol–water partition coefficient (Wildman–Crippen LogP) is 1.77. The maximum Gasteiger partial charge on any atom is 0.117 e. The standard InChI is InChI=1S/C9H15ClO2/c1-5-7(3)12-8(4-10)6(2)9(5)11/h5-6,8-9,11H,3-4H2,1-2H3. The van der Waals surface area contributed by atoms with Gasteiger partial charge in [-0.05, 0) is 0 Å². The van der Waals surface area contributed by atoms with Crippen LogP contribution in [0.5, 0.6) is 0 Å². The number of rotatable bonds is 1. The van der Waals surface area contributed by atoms with E-state index in [0.717, 1.165) is 0 Å². The maximum atomic E-state index is 9.72. The highest BCUT2D eigenvalue weighted by atomic mass is 35.5. The van der Waals surface area contributed by atoms with Gasteiger partial charge in [0, 0.05) is 11.8 Å². The van der Waals surface area contributed by atoms with Crippen molar-refractivity contribution in [1.82, 2.24) is 0 Å². The second-order valence-electron chi connectivity index (χ2n) is 3.42. The molecule has 0 aromatic rings. The van der Waals surface area contributed by atoms with E-state index in [2.05, 4.69) is 6.58 Å². The van der Waals surface area contributed by atoms with Crippen molar-refractivity contribution in [3.05, 3.63) is 12.3 Å². The summed E-state index contributed by atoms with van der Waals surface area (Å²) >= 11 is 5.68. The quantitative estimate of drug-likeness (QED) is 0.639. The summed E-state index contributed by atoms with van der Waals surface area (Å²) in [5.74, 6) is 1.15. The summed E-state index contributed by atoms with van der Waals surface area (Å²) < 4.78 is 5.44. The van der Waals surface area contributed by atoms with Crippen LogP contribution in [0.2, 0.25) is 0 Å². The van der Waals surface area contributed by atoms with Gasteiger partial charge in [0.1, 0.15) is 6.10 Å². The minimum Gasteiger partial charge on any atom is -0.493 e. The molecular weight excluding hydrogens is 176 g/mol. The van der Waals surface area contributed by atoms with Gasteiger partial charge >= 0.3 is 0 Å². The molecule has 0 amide bonds. The van der Waals surface area contributed by atoms with E-state index in [1.807, 2.05) is 13.8 Å². The second-order valence-corrected chi connectivity index (χ2v) is 3.72. The Labute approximate surface area is 78.2 Å². The zero-order valence-electron chi connectivity index (χ0n) is 7.46. The first-order chi connectivity index (χ1) is 5.57. The van der Waals surface area contributed by atoms with E-state index in [4.69, 9.17) is 16.3 Å². The Morgan fingerprint density at radius 1 is 1.58 bits per heavy atom. The van der Waals surface area contributed by atoms with E-state index in [1.54, 1.807) is 0 Å². The second kappa shape index (κ2) is 3.67. The Morgan fingerprint density at radius 3 is 2.67 bits per heavy atom. The molecule has 0 radical (unpaired) electrons. The van der Waals surface area contributed by atoms with Gasteiger partial charge in [0.15, 0.2) is 0 Å². The largest absolute Gasteiger partial charge is 0.493 e. The molecule has 0 aromatic carbocycles. The van der Waals surface area contributed by atoms with Crippen molar-refractivity contribution >= 4 is 11.6 Å². The smallest absolute Gasteiger partial charge is 0.117 e. The van der Waals surface area contributed by atoms with Gasteiger partial charge in [-0.25, -0.2) is 0 Å². The molecule has 4 atom stereocenters. The summed E-state index contributed by atoms with van der Waals surface area (Å²) in [4.78, 5) is 0. The highest BCUT2D eigenvalue weighted by Crippen LogP contribution is 2.31. The molecule has 1 heterocycles. The topological polar surface area (TPSA) is 29.5 Å². The third-order valence-corrected chi connectivity index (χ3v) is 2.90. The van der Waals surface area contributed by atoms with Gasteiger partial charge in [-0.2, -0.15) is 0 Å². The summed E-state index contributed by atoms with van der Waals surface area (Å²) in [7, 11) is 0. The summed E-state index contributed by atoms with van der Waals surface area (Å²) in [6.45, 7) is 7.59. The number of aliphatic hydroxyl groups excluding tert-OH is 1. The van der Waals surface area contributed by atoms with Crippen LogP contribution < -0.4 is 0 Å². The third kappa shape index (κ3) is 1.59. The van der Waals surface area contributed by atoms with E-state index in [-0.39, 0.29) is 24.0 Å². The molecule has 3 heteroatoms. The molecule has 0 bridgehead atoms. The highest BCUT2D eigenvalue weighted by Gasteiger charge is 2.36. The van der Waals surface area contributed by atoms with Crippen LogP contribution in [0.1, 0.15) is 13.8 Å². The molecule has 70 valence electrons. The lowest BCUT2D eigenvalue weighted by molar-refractivity contribution is -0.0660. The molecule has 12 heavy (non-hydrogen) atoms. The maximum absolute atomic E-state index is 9.72. The molecule has 1 N–H and O–H groups in total. The normalized spacial score (nSPS) is 42.5. The molecule has 2 nitrogen and oxygen atoms in total. The molecule has 1 saturated heterocycles. The Balaban J connectivity index is 2.70. The molecule has 1 fully saturated rings. The number of hydrogen-bond donors (Lipinski definition) is 1. The molecule has 1 aliphatic rings. The Bertz CT molecular complexity index is 179. The molecule has 1 rings (SSSR count). The first kappa shape index (κ1) is 9.87. The van der Waals surface area contributed by atoms with E-state index >= 15 is 0 Å². The lowest BCUT2D eigenvalue weighted by Crippen LogP contribution is -2.42. The lowest BCUT2D eigenvalue weighted by atomic mass is 9.86. The van der Waals surface area contributed by atoms with Crippen LogP contribution in [0.15, 0.2) is 12.3 Å². The van der Waals surface area contributed by atoms with Crippen LogP contribution in [0.4, 0.5) is 0 Å². The van der Waals surface area contributed by atoms with E-state index in [9.17, 15) is 5.11 Å². The average Bonchev–Trinajstić information content (AvgIpc) is 2.08. The molecule has 4 unspecified atom stereocenters. The van der Waals surface area contributed by atoms with Gasteiger partial charge in [0.2, 0.25) is 0 Å². The van der Waals surface area contributed by atoms with Crippen molar-refractivity contribution in [2.75, 3.05) is 5.88 Å². The molecule has 0 aromatic heterocycles. The van der Waals surface area contributed by atoms with Gasteiger partial charge in [-0.15, -0.1) is 11.6 Å². The Morgan fingerprint density at radius 2 is 2.17 bits per heavy atom. The van der Waals surface area contributed by atoms with Gasteiger partial charge in [-0.1, -0.05) is 20.4 Å². The van der Waals surface area contributed by atoms with Gasteiger partial charge in [0.25, 0.3) is 0 Å². The van der Waals surface area contributed by atoms with Gasteiger partial charge in [0.05, 0.1) is 17.7 Å². The number of hydrogen-bond acceptors (Lipinski definition) is 2. The van der Waals surface area contributed by atoms with Crippen LogP contribution in [0.3, 0.4) is 0 Å². The average molecular weight is 191 g/mol. The SMILES string of the molecule is C=C1OC(CCl)C(C)C(O)C1C. The fraction of sp³-hybridized carbons (Fsp3) is 0.778. The van der Waals surface area contributed by atoms with E-state index in [0.29, 0.717) is 11.6 Å². The summed E-state index contributed by atoms with van der Waals surface area (Å²) in [5.41, 5.74) is 0. The van der Waals surface area contributed by atoms with Crippen molar-refractivity contribution in [2.24, 2.45) is 11.8 Å².